The standard InChI is InChI=1S/C21H23FN4OS/c1-13(2)17-7-5-6-14(3)19(17)23-18(27)12-28-21-25-24-20(26(21)4)15-8-10-16(22)11-9-15/h5-11,13H,12H2,1-4H3,(H,23,27). The first-order valence-electron chi connectivity index (χ1n) is 9.04. The molecule has 0 unspecified atom stereocenters. The van der Waals surface area contributed by atoms with Gasteiger partial charge < -0.3 is 9.88 Å². The van der Waals surface area contributed by atoms with Gasteiger partial charge in [-0.3, -0.25) is 4.79 Å². The van der Waals surface area contributed by atoms with Gasteiger partial charge >= 0.3 is 0 Å². The summed E-state index contributed by atoms with van der Waals surface area (Å²) < 4.78 is 14.9. The molecule has 0 saturated carbocycles. The second-order valence-corrected chi connectivity index (χ2v) is 7.85. The number of halogens is 1. The Kier molecular flexibility index (Phi) is 6.14. The number of anilines is 1. The Morgan fingerprint density at radius 1 is 1.18 bits per heavy atom. The van der Waals surface area contributed by atoms with Gasteiger partial charge in [0.15, 0.2) is 11.0 Å². The van der Waals surface area contributed by atoms with Gasteiger partial charge in [-0.1, -0.05) is 43.8 Å². The number of carbonyl (C=O) groups excluding carboxylic acids is 1. The predicted octanol–water partition coefficient (Wildman–Crippen LogP) is 4.78. The number of nitrogens with one attached hydrogen (secondary N) is 1. The number of aromatic nitrogens is 3. The van der Waals surface area contributed by atoms with Crippen LogP contribution in [-0.2, 0) is 11.8 Å². The lowest BCUT2D eigenvalue weighted by molar-refractivity contribution is -0.113. The number of rotatable bonds is 6. The van der Waals surface area contributed by atoms with E-state index in [9.17, 15) is 9.18 Å². The molecule has 2 aromatic carbocycles. The maximum absolute atomic E-state index is 13.1. The SMILES string of the molecule is Cc1cccc(C(C)C)c1NC(=O)CSc1nnc(-c2ccc(F)cc2)n1C. The van der Waals surface area contributed by atoms with E-state index in [4.69, 9.17) is 0 Å². The van der Waals surface area contributed by atoms with E-state index in [1.54, 1.807) is 16.7 Å². The minimum atomic E-state index is -0.297. The molecule has 1 N–H and O–H groups in total. The summed E-state index contributed by atoms with van der Waals surface area (Å²) >= 11 is 1.32. The third-order valence-electron chi connectivity index (χ3n) is 4.46. The number of hydrogen-bond donors (Lipinski definition) is 1. The van der Waals surface area contributed by atoms with Crippen LogP contribution in [0.5, 0.6) is 0 Å². The Labute approximate surface area is 168 Å². The van der Waals surface area contributed by atoms with E-state index < -0.39 is 0 Å². The van der Waals surface area contributed by atoms with Crippen molar-refractivity contribution < 1.29 is 9.18 Å². The monoisotopic (exact) mass is 398 g/mol. The van der Waals surface area contributed by atoms with Crippen LogP contribution in [0.3, 0.4) is 0 Å². The van der Waals surface area contributed by atoms with Crippen molar-refractivity contribution in [2.24, 2.45) is 7.05 Å². The van der Waals surface area contributed by atoms with Crippen LogP contribution in [0.4, 0.5) is 10.1 Å². The molecule has 0 aliphatic heterocycles. The first kappa shape index (κ1) is 20.1. The van der Waals surface area contributed by atoms with E-state index in [0.29, 0.717) is 16.9 Å². The van der Waals surface area contributed by atoms with Gasteiger partial charge in [-0.15, -0.1) is 10.2 Å². The van der Waals surface area contributed by atoms with Gasteiger partial charge in [-0.25, -0.2) is 4.39 Å². The van der Waals surface area contributed by atoms with Crippen molar-refractivity contribution in [2.75, 3.05) is 11.1 Å². The fraction of sp³-hybridized carbons (Fsp3) is 0.286. The lowest BCUT2D eigenvalue weighted by Crippen LogP contribution is -2.17. The summed E-state index contributed by atoms with van der Waals surface area (Å²) in [7, 11) is 1.83. The minimum Gasteiger partial charge on any atom is -0.325 e. The summed E-state index contributed by atoms with van der Waals surface area (Å²) in [5, 5.41) is 12.0. The fourth-order valence-corrected chi connectivity index (χ4v) is 3.65. The highest BCUT2D eigenvalue weighted by Crippen LogP contribution is 2.28. The summed E-state index contributed by atoms with van der Waals surface area (Å²) in [6.45, 7) is 6.21. The summed E-state index contributed by atoms with van der Waals surface area (Å²) in [6.07, 6.45) is 0. The molecule has 1 aromatic heterocycles. The van der Waals surface area contributed by atoms with Crippen LogP contribution in [0, 0.1) is 12.7 Å². The van der Waals surface area contributed by atoms with E-state index in [2.05, 4.69) is 29.4 Å². The lowest BCUT2D eigenvalue weighted by Gasteiger charge is -2.16. The van der Waals surface area contributed by atoms with Gasteiger partial charge in [0, 0.05) is 18.3 Å². The number of nitrogens with zero attached hydrogens (tertiary/aromatic N) is 3. The van der Waals surface area contributed by atoms with Gasteiger partial charge in [-0.05, 0) is 48.2 Å². The highest BCUT2D eigenvalue weighted by Gasteiger charge is 2.15. The number of thioether (sulfide) groups is 1. The average Bonchev–Trinajstić information content (AvgIpc) is 3.02. The highest BCUT2D eigenvalue weighted by molar-refractivity contribution is 7.99. The first-order valence-corrected chi connectivity index (χ1v) is 10.0. The van der Waals surface area contributed by atoms with Crippen LogP contribution in [0.1, 0.15) is 30.9 Å². The Balaban J connectivity index is 1.69. The van der Waals surface area contributed by atoms with Gasteiger partial charge in [0.2, 0.25) is 5.91 Å². The smallest absolute Gasteiger partial charge is 0.234 e. The molecule has 28 heavy (non-hydrogen) atoms. The first-order chi connectivity index (χ1) is 13.4. The summed E-state index contributed by atoms with van der Waals surface area (Å²) in [5.74, 6) is 0.784. The number of amides is 1. The lowest BCUT2D eigenvalue weighted by atomic mass is 9.98. The predicted molar refractivity (Wildman–Crippen MR) is 111 cm³/mol. The second kappa shape index (κ2) is 8.56. The molecule has 0 saturated heterocycles. The topological polar surface area (TPSA) is 59.8 Å². The maximum Gasteiger partial charge on any atom is 0.234 e. The van der Waals surface area contributed by atoms with E-state index in [0.717, 1.165) is 22.4 Å². The minimum absolute atomic E-state index is 0.0902. The van der Waals surface area contributed by atoms with Crippen LogP contribution in [0.2, 0.25) is 0 Å². The van der Waals surface area contributed by atoms with Gasteiger partial charge in [0.25, 0.3) is 0 Å². The van der Waals surface area contributed by atoms with Crippen LogP contribution >= 0.6 is 11.8 Å². The molecule has 7 heteroatoms. The van der Waals surface area contributed by atoms with E-state index in [1.165, 1.54) is 23.9 Å². The molecule has 0 radical (unpaired) electrons. The quantitative estimate of drug-likeness (QED) is 0.607. The maximum atomic E-state index is 13.1. The third-order valence-corrected chi connectivity index (χ3v) is 5.48. The normalized spacial score (nSPS) is 11.1. The van der Waals surface area contributed by atoms with Gasteiger partial charge in [0.1, 0.15) is 5.82 Å². The summed E-state index contributed by atoms with van der Waals surface area (Å²) in [4.78, 5) is 12.5. The molecule has 146 valence electrons. The molecule has 0 aliphatic carbocycles. The zero-order valence-electron chi connectivity index (χ0n) is 16.4. The van der Waals surface area contributed by atoms with Crippen molar-refractivity contribution >= 4 is 23.4 Å². The second-order valence-electron chi connectivity index (χ2n) is 6.90. The molecule has 3 rings (SSSR count). The van der Waals surface area contributed by atoms with Gasteiger partial charge in [-0.2, -0.15) is 0 Å². The van der Waals surface area contributed by atoms with E-state index in [-0.39, 0.29) is 17.5 Å². The van der Waals surface area contributed by atoms with Crippen molar-refractivity contribution in [3.8, 4) is 11.4 Å². The molecule has 0 aliphatic rings. The van der Waals surface area contributed by atoms with Crippen molar-refractivity contribution in [3.63, 3.8) is 0 Å². The Bertz CT molecular complexity index is 983. The molecule has 0 bridgehead atoms. The number of para-hydroxylation sites is 1. The summed E-state index contributed by atoms with van der Waals surface area (Å²) in [5.41, 5.74) is 3.82. The molecule has 1 heterocycles. The fourth-order valence-electron chi connectivity index (χ4n) is 2.94. The molecule has 0 fully saturated rings. The molecular formula is C21H23FN4OS. The number of aryl methyl sites for hydroxylation is 1. The molecule has 0 atom stereocenters. The number of benzene rings is 2. The largest absolute Gasteiger partial charge is 0.325 e. The van der Waals surface area contributed by atoms with Gasteiger partial charge in [0.05, 0.1) is 5.75 Å². The molecule has 5 nitrogen and oxygen atoms in total. The molecule has 0 spiro atoms. The highest BCUT2D eigenvalue weighted by atomic mass is 32.2. The van der Waals surface area contributed by atoms with E-state index >= 15 is 0 Å². The number of hydrogen-bond acceptors (Lipinski definition) is 4. The Morgan fingerprint density at radius 2 is 1.89 bits per heavy atom. The molecule has 1 amide bonds. The van der Waals surface area contributed by atoms with Crippen LogP contribution in [0.15, 0.2) is 47.6 Å². The molecule has 3 aromatic rings. The van der Waals surface area contributed by atoms with Crippen LogP contribution in [-0.4, -0.2) is 26.4 Å². The van der Waals surface area contributed by atoms with Crippen molar-refractivity contribution in [1.29, 1.82) is 0 Å². The molecular weight excluding hydrogens is 375 g/mol. The summed E-state index contributed by atoms with van der Waals surface area (Å²) in [6, 6.07) is 12.1. The van der Waals surface area contributed by atoms with Crippen LogP contribution in [0.25, 0.3) is 11.4 Å². The zero-order valence-corrected chi connectivity index (χ0v) is 17.2. The Morgan fingerprint density at radius 3 is 2.57 bits per heavy atom. The van der Waals surface area contributed by atoms with E-state index in [1.807, 2.05) is 32.2 Å². The third kappa shape index (κ3) is 4.42. The average molecular weight is 399 g/mol. The van der Waals surface area contributed by atoms with Crippen molar-refractivity contribution in [1.82, 2.24) is 14.8 Å². The number of carbonyl (C=O) groups is 1. The zero-order chi connectivity index (χ0) is 20.3. The van der Waals surface area contributed by atoms with Crippen molar-refractivity contribution in [3.05, 3.63) is 59.4 Å². The van der Waals surface area contributed by atoms with Crippen molar-refractivity contribution in [2.45, 2.75) is 31.8 Å². The van der Waals surface area contributed by atoms with Crippen LogP contribution < -0.4 is 5.32 Å². The Hall–Kier alpha value is -2.67.